The minimum Gasteiger partial charge on any atom is -0.397 e. The van der Waals surface area contributed by atoms with Crippen molar-refractivity contribution < 1.29 is 0 Å². The van der Waals surface area contributed by atoms with Crippen molar-refractivity contribution in [2.45, 2.75) is 16.3 Å². The molecule has 0 saturated heterocycles. The Kier molecular flexibility index (Phi) is 3.14. The fraction of sp³-hybridized carbons (Fsp3) is 0.111. The number of nitrogens with zero attached hydrogens (tertiary/aromatic N) is 2. The summed E-state index contributed by atoms with van der Waals surface area (Å²) in [5.41, 5.74) is 7.40. The summed E-state index contributed by atoms with van der Waals surface area (Å²) >= 11 is 8.80. The number of pyridine rings is 1. The molecule has 0 fully saturated rings. The molecule has 0 aliphatic rings. The highest BCUT2D eigenvalue weighted by atomic mass is 35.5. The minimum absolute atomic E-state index is 0.444. The fourth-order valence-electron chi connectivity index (χ4n) is 0.972. The predicted octanol–water partition coefficient (Wildman–Crippen LogP) is 3.23. The second kappa shape index (κ2) is 4.38. The van der Waals surface area contributed by atoms with E-state index in [9.17, 15) is 0 Å². The summed E-state index contributed by atoms with van der Waals surface area (Å²) in [6, 6.07) is 3.42. The first-order chi connectivity index (χ1) is 7.15. The maximum absolute atomic E-state index is 5.79. The van der Waals surface area contributed by atoms with Gasteiger partial charge in [-0.15, -0.1) is 11.3 Å². The number of nitrogens with two attached hydrogens (primary N) is 1. The van der Waals surface area contributed by atoms with Gasteiger partial charge < -0.3 is 5.73 Å². The Morgan fingerprint density at radius 2 is 2.20 bits per heavy atom. The van der Waals surface area contributed by atoms with Crippen molar-refractivity contribution in [1.29, 1.82) is 0 Å². The largest absolute Gasteiger partial charge is 0.397 e. The first-order valence-electron chi connectivity index (χ1n) is 4.17. The average Bonchev–Trinajstić information content (AvgIpc) is 2.58. The third-order valence-corrected chi connectivity index (χ3v) is 3.92. The monoisotopic (exact) mass is 257 g/mol. The van der Waals surface area contributed by atoms with Gasteiger partial charge in [0.15, 0.2) is 4.34 Å². The van der Waals surface area contributed by atoms with Crippen molar-refractivity contribution >= 4 is 40.4 Å². The lowest BCUT2D eigenvalue weighted by Gasteiger charge is -2.01. The third-order valence-electron chi connectivity index (χ3n) is 1.64. The van der Waals surface area contributed by atoms with Gasteiger partial charge in [0.05, 0.1) is 5.69 Å². The van der Waals surface area contributed by atoms with E-state index in [1.165, 1.54) is 11.8 Å². The Labute approximate surface area is 101 Å². The van der Waals surface area contributed by atoms with Crippen LogP contribution in [0.5, 0.6) is 0 Å². The van der Waals surface area contributed by atoms with E-state index in [1.807, 2.05) is 12.3 Å². The van der Waals surface area contributed by atoms with Gasteiger partial charge in [-0.3, -0.25) is 0 Å². The molecular weight excluding hydrogens is 250 g/mol. The van der Waals surface area contributed by atoms with Gasteiger partial charge in [0.2, 0.25) is 0 Å². The second-order valence-electron chi connectivity index (χ2n) is 2.89. The zero-order valence-electron chi connectivity index (χ0n) is 7.90. The molecule has 0 aromatic carbocycles. The van der Waals surface area contributed by atoms with Crippen molar-refractivity contribution in [2.75, 3.05) is 5.73 Å². The van der Waals surface area contributed by atoms with Crippen LogP contribution in [0.3, 0.4) is 0 Å². The molecular formula is C9H8ClN3S2. The van der Waals surface area contributed by atoms with Crippen molar-refractivity contribution in [2.24, 2.45) is 0 Å². The van der Waals surface area contributed by atoms with E-state index in [-0.39, 0.29) is 0 Å². The Morgan fingerprint density at radius 3 is 2.87 bits per heavy atom. The van der Waals surface area contributed by atoms with Crippen LogP contribution in [0, 0.1) is 6.92 Å². The number of aryl methyl sites for hydroxylation is 1. The van der Waals surface area contributed by atoms with Gasteiger partial charge in [-0.2, -0.15) is 0 Å². The van der Waals surface area contributed by atoms with Crippen molar-refractivity contribution in [3.63, 3.8) is 0 Å². The smallest absolute Gasteiger partial charge is 0.156 e. The number of aromatic nitrogens is 2. The average molecular weight is 258 g/mol. The second-order valence-corrected chi connectivity index (χ2v) is 5.37. The van der Waals surface area contributed by atoms with Crippen LogP contribution in [-0.4, -0.2) is 9.97 Å². The molecule has 0 aliphatic carbocycles. The molecule has 0 aliphatic heterocycles. The van der Waals surface area contributed by atoms with Gasteiger partial charge in [-0.25, -0.2) is 9.97 Å². The minimum atomic E-state index is 0.444. The van der Waals surface area contributed by atoms with Gasteiger partial charge in [-0.1, -0.05) is 11.6 Å². The molecule has 0 unspecified atom stereocenters. The van der Waals surface area contributed by atoms with E-state index >= 15 is 0 Å². The van der Waals surface area contributed by atoms with Gasteiger partial charge in [-0.05, 0) is 30.8 Å². The lowest BCUT2D eigenvalue weighted by atomic mass is 10.4. The molecule has 15 heavy (non-hydrogen) atoms. The van der Waals surface area contributed by atoms with Crippen LogP contribution in [0.15, 0.2) is 26.9 Å². The highest BCUT2D eigenvalue weighted by molar-refractivity contribution is 8.01. The first-order valence-corrected chi connectivity index (χ1v) is 6.24. The molecule has 0 atom stereocenters. The third kappa shape index (κ3) is 2.62. The number of hydrogen-bond acceptors (Lipinski definition) is 5. The fourth-order valence-corrected chi connectivity index (χ4v) is 2.95. The van der Waals surface area contributed by atoms with Gasteiger partial charge in [0.25, 0.3) is 0 Å². The zero-order chi connectivity index (χ0) is 10.8. The summed E-state index contributed by atoms with van der Waals surface area (Å²) in [4.78, 5) is 8.47. The molecule has 0 spiro atoms. The molecule has 0 saturated carbocycles. The van der Waals surface area contributed by atoms with Gasteiger partial charge in [0, 0.05) is 11.1 Å². The van der Waals surface area contributed by atoms with Crippen LogP contribution in [0.2, 0.25) is 5.15 Å². The summed E-state index contributed by atoms with van der Waals surface area (Å²) in [5.74, 6) is 0. The lowest BCUT2D eigenvalue weighted by molar-refractivity contribution is 1.12. The number of anilines is 1. The molecule has 0 bridgehead atoms. The van der Waals surface area contributed by atoms with E-state index in [4.69, 9.17) is 17.3 Å². The van der Waals surface area contributed by atoms with Crippen molar-refractivity contribution in [1.82, 2.24) is 9.97 Å². The molecule has 0 amide bonds. The molecule has 2 rings (SSSR count). The van der Waals surface area contributed by atoms with E-state index < -0.39 is 0 Å². The quantitative estimate of drug-likeness (QED) is 0.840. The SMILES string of the molecule is Cc1csc(Sc2nc(Cl)ccc2N)n1. The Morgan fingerprint density at radius 1 is 1.40 bits per heavy atom. The van der Waals surface area contributed by atoms with E-state index in [0.717, 1.165) is 10.0 Å². The number of nitrogen functional groups attached to an aromatic ring is 1. The normalized spacial score (nSPS) is 10.5. The summed E-state index contributed by atoms with van der Waals surface area (Å²) in [6.45, 7) is 1.95. The predicted molar refractivity (Wildman–Crippen MR) is 64.6 cm³/mol. The van der Waals surface area contributed by atoms with Crippen LogP contribution in [0.25, 0.3) is 0 Å². The molecule has 6 heteroatoms. The number of hydrogen-bond donors (Lipinski definition) is 1. The zero-order valence-corrected chi connectivity index (χ0v) is 10.3. The standard InChI is InChI=1S/C9H8ClN3S2/c1-5-4-14-9(12-5)15-8-6(11)2-3-7(10)13-8/h2-4H,11H2,1H3. The Balaban J connectivity index is 2.27. The van der Waals surface area contributed by atoms with Crippen molar-refractivity contribution in [3.8, 4) is 0 Å². The maximum Gasteiger partial charge on any atom is 0.156 e. The molecule has 2 aromatic heterocycles. The summed E-state index contributed by atoms with van der Waals surface area (Å²) in [7, 11) is 0. The molecule has 2 N–H and O–H groups in total. The van der Waals surface area contributed by atoms with Crippen LogP contribution in [0.4, 0.5) is 5.69 Å². The summed E-state index contributed by atoms with van der Waals surface area (Å²) < 4.78 is 0.925. The molecule has 0 radical (unpaired) electrons. The number of rotatable bonds is 2. The van der Waals surface area contributed by atoms with E-state index in [2.05, 4.69) is 9.97 Å². The Bertz CT molecular complexity index is 484. The molecule has 2 heterocycles. The first kappa shape index (κ1) is 10.7. The molecule has 78 valence electrons. The van der Waals surface area contributed by atoms with E-state index in [1.54, 1.807) is 23.5 Å². The van der Waals surface area contributed by atoms with E-state index in [0.29, 0.717) is 15.9 Å². The van der Waals surface area contributed by atoms with Crippen LogP contribution in [0.1, 0.15) is 5.69 Å². The summed E-state index contributed by atoms with van der Waals surface area (Å²) in [5, 5.41) is 3.14. The summed E-state index contributed by atoms with van der Waals surface area (Å²) in [6.07, 6.45) is 0. The van der Waals surface area contributed by atoms with Gasteiger partial charge >= 0.3 is 0 Å². The maximum atomic E-state index is 5.79. The highest BCUT2D eigenvalue weighted by Gasteiger charge is 2.07. The number of halogens is 1. The van der Waals surface area contributed by atoms with Crippen LogP contribution < -0.4 is 5.73 Å². The van der Waals surface area contributed by atoms with Crippen LogP contribution in [-0.2, 0) is 0 Å². The molecule has 3 nitrogen and oxygen atoms in total. The lowest BCUT2D eigenvalue weighted by Crippen LogP contribution is -1.91. The molecule has 2 aromatic rings. The van der Waals surface area contributed by atoms with Gasteiger partial charge in [0.1, 0.15) is 10.2 Å². The highest BCUT2D eigenvalue weighted by Crippen LogP contribution is 2.33. The van der Waals surface area contributed by atoms with Crippen molar-refractivity contribution in [3.05, 3.63) is 28.4 Å². The number of thiazole rings is 1. The van der Waals surface area contributed by atoms with Crippen LogP contribution >= 0.6 is 34.7 Å². The topological polar surface area (TPSA) is 51.8 Å². The Hall–Kier alpha value is -0.780.